The number of nitriles is 1. The lowest BCUT2D eigenvalue weighted by atomic mass is 10.1. The van der Waals surface area contributed by atoms with Crippen LogP contribution in [0.3, 0.4) is 0 Å². The minimum atomic E-state index is 0.631. The summed E-state index contributed by atoms with van der Waals surface area (Å²) in [4.78, 5) is 3.98. The first-order valence-corrected chi connectivity index (χ1v) is 5.70. The molecule has 5 nitrogen and oxygen atoms in total. The van der Waals surface area contributed by atoms with Gasteiger partial charge in [0.25, 0.3) is 0 Å². The van der Waals surface area contributed by atoms with E-state index in [2.05, 4.69) is 21.4 Å². The molecule has 5 heteroatoms. The molecule has 3 aromatic rings. The molecule has 0 aliphatic heterocycles. The van der Waals surface area contributed by atoms with E-state index in [1.165, 1.54) is 0 Å². The Labute approximate surface area is 109 Å². The second-order valence-corrected chi connectivity index (χ2v) is 3.93. The van der Waals surface area contributed by atoms with Gasteiger partial charge >= 0.3 is 0 Å². The number of rotatable bonds is 2. The van der Waals surface area contributed by atoms with E-state index in [0.29, 0.717) is 5.56 Å². The van der Waals surface area contributed by atoms with E-state index >= 15 is 0 Å². The topological polar surface area (TPSA) is 67.4 Å². The standard InChI is InChI=1S/C14H9N5/c15-9-11-1-3-12(4-2-11)14-10-17-18-19(14)13-5-7-16-8-6-13/h1-8,10H. The Bertz CT molecular complexity index is 723. The Hall–Kier alpha value is -3.00. The molecule has 0 bridgehead atoms. The highest BCUT2D eigenvalue weighted by molar-refractivity contribution is 5.61. The highest BCUT2D eigenvalue weighted by Crippen LogP contribution is 2.21. The average Bonchev–Trinajstić information content (AvgIpc) is 2.98. The molecular formula is C14H9N5. The van der Waals surface area contributed by atoms with Crippen molar-refractivity contribution in [3.8, 4) is 23.0 Å². The van der Waals surface area contributed by atoms with Crippen LogP contribution in [0.5, 0.6) is 0 Å². The molecule has 0 N–H and O–H groups in total. The zero-order valence-electron chi connectivity index (χ0n) is 9.93. The van der Waals surface area contributed by atoms with E-state index in [1.807, 2.05) is 24.3 Å². The van der Waals surface area contributed by atoms with Gasteiger partial charge in [0.2, 0.25) is 0 Å². The van der Waals surface area contributed by atoms with Crippen molar-refractivity contribution >= 4 is 0 Å². The minimum absolute atomic E-state index is 0.631. The fourth-order valence-corrected chi connectivity index (χ4v) is 1.82. The molecule has 0 spiro atoms. The lowest BCUT2D eigenvalue weighted by molar-refractivity contribution is 0.806. The van der Waals surface area contributed by atoms with Crippen molar-refractivity contribution in [3.05, 3.63) is 60.6 Å². The van der Waals surface area contributed by atoms with Crippen molar-refractivity contribution in [2.45, 2.75) is 0 Å². The first-order valence-electron chi connectivity index (χ1n) is 5.70. The lowest BCUT2D eigenvalue weighted by Gasteiger charge is -2.05. The molecule has 0 amide bonds. The number of aromatic nitrogens is 4. The Balaban J connectivity index is 2.07. The summed E-state index contributed by atoms with van der Waals surface area (Å²) in [6, 6.07) is 13.1. The van der Waals surface area contributed by atoms with Crippen LogP contribution in [0.15, 0.2) is 55.0 Å². The van der Waals surface area contributed by atoms with Gasteiger partial charge in [-0.2, -0.15) is 5.26 Å². The molecule has 0 aliphatic carbocycles. The summed E-state index contributed by atoms with van der Waals surface area (Å²) in [5.41, 5.74) is 3.36. The van der Waals surface area contributed by atoms with Crippen molar-refractivity contribution in [2.24, 2.45) is 0 Å². The normalized spacial score (nSPS) is 10.1. The molecule has 0 radical (unpaired) electrons. The van der Waals surface area contributed by atoms with Gasteiger partial charge in [-0.3, -0.25) is 4.98 Å². The molecule has 0 fully saturated rings. The third-order valence-corrected chi connectivity index (χ3v) is 2.77. The predicted octanol–water partition coefficient (Wildman–Crippen LogP) is 2.20. The summed E-state index contributed by atoms with van der Waals surface area (Å²) in [6.07, 6.45) is 5.11. The molecular weight excluding hydrogens is 238 g/mol. The van der Waals surface area contributed by atoms with Crippen LogP contribution in [0.1, 0.15) is 5.56 Å². The molecule has 90 valence electrons. The Morgan fingerprint density at radius 1 is 1.00 bits per heavy atom. The zero-order valence-corrected chi connectivity index (χ0v) is 9.93. The zero-order chi connectivity index (χ0) is 13.1. The van der Waals surface area contributed by atoms with E-state index in [1.54, 1.807) is 35.4 Å². The van der Waals surface area contributed by atoms with Crippen LogP contribution in [0.2, 0.25) is 0 Å². The quantitative estimate of drug-likeness (QED) is 0.696. The van der Waals surface area contributed by atoms with Crippen LogP contribution in [0.4, 0.5) is 0 Å². The second kappa shape index (κ2) is 4.70. The number of pyridine rings is 1. The van der Waals surface area contributed by atoms with Gasteiger partial charge in [0.05, 0.1) is 29.2 Å². The predicted molar refractivity (Wildman–Crippen MR) is 69.3 cm³/mol. The number of benzene rings is 1. The molecule has 0 aliphatic rings. The van der Waals surface area contributed by atoms with Crippen molar-refractivity contribution < 1.29 is 0 Å². The maximum Gasteiger partial charge on any atom is 0.0991 e. The molecule has 19 heavy (non-hydrogen) atoms. The third kappa shape index (κ3) is 2.07. The van der Waals surface area contributed by atoms with Crippen LogP contribution in [-0.4, -0.2) is 20.0 Å². The van der Waals surface area contributed by atoms with Gasteiger partial charge in [0.15, 0.2) is 0 Å². The summed E-state index contributed by atoms with van der Waals surface area (Å²) in [5.74, 6) is 0. The average molecular weight is 247 g/mol. The minimum Gasteiger partial charge on any atom is -0.265 e. The number of hydrogen-bond donors (Lipinski definition) is 0. The number of hydrogen-bond acceptors (Lipinski definition) is 4. The SMILES string of the molecule is N#Cc1ccc(-c2cnnn2-c2ccncc2)cc1. The van der Waals surface area contributed by atoms with Gasteiger partial charge in [-0.25, -0.2) is 4.68 Å². The van der Waals surface area contributed by atoms with Gasteiger partial charge in [-0.1, -0.05) is 17.3 Å². The highest BCUT2D eigenvalue weighted by Gasteiger charge is 2.08. The second-order valence-electron chi connectivity index (χ2n) is 3.93. The van der Waals surface area contributed by atoms with Gasteiger partial charge in [-0.05, 0) is 24.3 Å². The summed E-state index contributed by atoms with van der Waals surface area (Å²) >= 11 is 0. The van der Waals surface area contributed by atoms with Crippen molar-refractivity contribution in [1.82, 2.24) is 20.0 Å². The fraction of sp³-hybridized carbons (Fsp3) is 0. The Morgan fingerprint density at radius 3 is 2.42 bits per heavy atom. The van der Waals surface area contributed by atoms with Crippen LogP contribution in [0, 0.1) is 11.3 Å². The largest absolute Gasteiger partial charge is 0.265 e. The van der Waals surface area contributed by atoms with E-state index in [4.69, 9.17) is 5.26 Å². The van der Waals surface area contributed by atoms with Crippen LogP contribution >= 0.6 is 0 Å². The molecule has 0 saturated heterocycles. The van der Waals surface area contributed by atoms with E-state index < -0.39 is 0 Å². The first-order chi connectivity index (χ1) is 9.38. The molecule has 1 aromatic carbocycles. The van der Waals surface area contributed by atoms with E-state index in [0.717, 1.165) is 16.9 Å². The summed E-state index contributed by atoms with van der Waals surface area (Å²) in [5, 5.41) is 16.8. The number of nitrogens with zero attached hydrogens (tertiary/aromatic N) is 5. The summed E-state index contributed by atoms with van der Waals surface area (Å²) in [6.45, 7) is 0. The smallest absolute Gasteiger partial charge is 0.0991 e. The molecule has 2 aromatic heterocycles. The maximum atomic E-state index is 8.80. The summed E-state index contributed by atoms with van der Waals surface area (Å²) < 4.78 is 1.74. The molecule has 0 atom stereocenters. The van der Waals surface area contributed by atoms with Crippen LogP contribution in [-0.2, 0) is 0 Å². The van der Waals surface area contributed by atoms with Gasteiger partial charge in [0, 0.05) is 18.0 Å². The third-order valence-electron chi connectivity index (χ3n) is 2.77. The Kier molecular flexibility index (Phi) is 2.75. The van der Waals surface area contributed by atoms with E-state index in [9.17, 15) is 0 Å². The fourth-order valence-electron chi connectivity index (χ4n) is 1.82. The van der Waals surface area contributed by atoms with Crippen molar-refractivity contribution in [2.75, 3.05) is 0 Å². The van der Waals surface area contributed by atoms with Gasteiger partial charge < -0.3 is 0 Å². The molecule has 3 rings (SSSR count). The highest BCUT2D eigenvalue weighted by atomic mass is 15.4. The first kappa shape index (κ1) is 11.1. The maximum absolute atomic E-state index is 8.80. The lowest BCUT2D eigenvalue weighted by Crippen LogP contribution is -1.99. The van der Waals surface area contributed by atoms with Crippen LogP contribution < -0.4 is 0 Å². The van der Waals surface area contributed by atoms with Gasteiger partial charge in [-0.15, -0.1) is 5.10 Å². The molecule has 2 heterocycles. The van der Waals surface area contributed by atoms with Crippen molar-refractivity contribution in [3.63, 3.8) is 0 Å². The van der Waals surface area contributed by atoms with Gasteiger partial charge in [0.1, 0.15) is 0 Å². The molecule has 0 unspecified atom stereocenters. The van der Waals surface area contributed by atoms with E-state index in [-0.39, 0.29) is 0 Å². The summed E-state index contributed by atoms with van der Waals surface area (Å²) in [7, 11) is 0. The van der Waals surface area contributed by atoms with Crippen molar-refractivity contribution in [1.29, 1.82) is 5.26 Å². The monoisotopic (exact) mass is 247 g/mol. The Morgan fingerprint density at radius 2 is 1.74 bits per heavy atom. The van der Waals surface area contributed by atoms with Crippen LogP contribution in [0.25, 0.3) is 16.9 Å². The molecule has 0 saturated carbocycles.